The van der Waals surface area contributed by atoms with E-state index in [4.69, 9.17) is 4.74 Å². The van der Waals surface area contributed by atoms with Crippen molar-refractivity contribution in [2.24, 2.45) is 0 Å². The molecule has 2 aromatic carbocycles. The summed E-state index contributed by atoms with van der Waals surface area (Å²) in [6, 6.07) is 17.3. The number of fused-ring (bicyclic) bond motifs is 1. The van der Waals surface area contributed by atoms with Gasteiger partial charge in [0.15, 0.2) is 0 Å². The van der Waals surface area contributed by atoms with Gasteiger partial charge in [-0.2, -0.15) is 0 Å². The lowest BCUT2D eigenvalue weighted by Crippen LogP contribution is -2.33. The summed E-state index contributed by atoms with van der Waals surface area (Å²) in [5.74, 6) is 1.40. The van der Waals surface area contributed by atoms with Crippen LogP contribution in [0.1, 0.15) is 30.1 Å². The average molecular weight is 405 g/mol. The summed E-state index contributed by atoms with van der Waals surface area (Å²) in [5.41, 5.74) is 2.32. The molecule has 1 aliphatic heterocycles. The van der Waals surface area contributed by atoms with E-state index in [-0.39, 0.29) is 5.91 Å². The van der Waals surface area contributed by atoms with Crippen molar-refractivity contribution in [2.75, 3.05) is 38.1 Å². The Bertz CT molecular complexity index is 998. The van der Waals surface area contributed by atoms with Crippen LogP contribution in [0, 0.1) is 0 Å². The van der Waals surface area contributed by atoms with E-state index >= 15 is 0 Å². The first kappa shape index (κ1) is 20.2. The molecular weight excluding hydrogens is 376 g/mol. The van der Waals surface area contributed by atoms with Gasteiger partial charge in [0.25, 0.3) is 5.91 Å². The lowest BCUT2D eigenvalue weighted by molar-refractivity contribution is 0.0951. The minimum absolute atomic E-state index is 0.0671. The van der Waals surface area contributed by atoms with Gasteiger partial charge in [-0.3, -0.25) is 4.79 Å². The number of rotatable bonds is 8. The molecule has 2 N–H and O–H groups in total. The van der Waals surface area contributed by atoms with Crippen LogP contribution in [0.5, 0.6) is 5.75 Å². The number of benzene rings is 2. The largest absolute Gasteiger partial charge is 0.494 e. The zero-order valence-corrected chi connectivity index (χ0v) is 17.4. The molecule has 1 fully saturated rings. The van der Waals surface area contributed by atoms with Crippen molar-refractivity contribution in [3.63, 3.8) is 0 Å². The van der Waals surface area contributed by atoms with Gasteiger partial charge in [-0.1, -0.05) is 18.2 Å². The molecule has 156 valence electrons. The smallest absolute Gasteiger partial charge is 0.252 e. The summed E-state index contributed by atoms with van der Waals surface area (Å²) < 4.78 is 5.49. The van der Waals surface area contributed by atoms with Crippen molar-refractivity contribution in [2.45, 2.75) is 19.8 Å². The number of anilines is 2. The number of hydrogen-bond donors (Lipinski definition) is 2. The zero-order valence-electron chi connectivity index (χ0n) is 17.4. The molecule has 4 rings (SSSR count). The SMILES string of the molecule is CCOc1ccc(Nc2cc(C(=O)NCCN3CCCC3)c3ccccc3n2)cc1. The Balaban J connectivity index is 1.52. The average Bonchev–Trinajstić information content (AvgIpc) is 3.28. The van der Waals surface area contributed by atoms with Crippen molar-refractivity contribution >= 4 is 28.3 Å². The molecule has 0 saturated carbocycles. The Hall–Kier alpha value is -3.12. The van der Waals surface area contributed by atoms with E-state index in [0.29, 0.717) is 24.5 Å². The highest BCUT2D eigenvalue weighted by Crippen LogP contribution is 2.24. The first-order valence-corrected chi connectivity index (χ1v) is 10.6. The summed E-state index contributed by atoms with van der Waals surface area (Å²) in [7, 11) is 0. The molecule has 0 aliphatic carbocycles. The highest BCUT2D eigenvalue weighted by atomic mass is 16.5. The molecule has 6 heteroatoms. The number of para-hydroxylation sites is 1. The van der Waals surface area contributed by atoms with Gasteiger partial charge in [0.2, 0.25) is 0 Å². The van der Waals surface area contributed by atoms with Gasteiger partial charge in [-0.05, 0) is 69.3 Å². The molecule has 1 aliphatic rings. The molecule has 1 aromatic heterocycles. The number of carbonyl (C=O) groups is 1. The Morgan fingerprint density at radius 1 is 1.10 bits per heavy atom. The Kier molecular flexibility index (Phi) is 6.44. The van der Waals surface area contributed by atoms with E-state index in [1.54, 1.807) is 0 Å². The molecule has 0 radical (unpaired) electrons. The minimum Gasteiger partial charge on any atom is -0.494 e. The summed E-state index contributed by atoms with van der Waals surface area (Å²) in [5, 5.41) is 7.24. The monoisotopic (exact) mass is 404 g/mol. The highest BCUT2D eigenvalue weighted by molar-refractivity contribution is 6.07. The standard InChI is InChI=1S/C24H28N4O2/c1-2-30-19-11-9-18(10-12-19)26-23-17-21(20-7-3-4-8-22(20)27-23)24(29)25-13-16-28-14-5-6-15-28/h3-4,7-12,17H,2,5-6,13-16H2,1H3,(H,25,29)(H,26,27). The van der Waals surface area contributed by atoms with Crippen molar-refractivity contribution < 1.29 is 9.53 Å². The van der Waals surface area contributed by atoms with Gasteiger partial charge >= 0.3 is 0 Å². The lowest BCUT2D eigenvalue weighted by atomic mass is 10.1. The molecule has 1 amide bonds. The van der Waals surface area contributed by atoms with E-state index in [1.807, 2.05) is 61.5 Å². The van der Waals surface area contributed by atoms with Crippen LogP contribution < -0.4 is 15.4 Å². The quantitative estimate of drug-likeness (QED) is 0.589. The van der Waals surface area contributed by atoms with Gasteiger partial charge in [-0.15, -0.1) is 0 Å². The summed E-state index contributed by atoms with van der Waals surface area (Å²) in [4.78, 5) is 20.0. The molecule has 30 heavy (non-hydrogen) atoms. The maximum atomic E-state index is 13.0. The van der Waals surface area contributed by atoms with Crippen molar-refractivity contribution in [1.82, 2.24) is 15.2 Å². The Labute approximate surface area is 177 Å². The van der Waals surface area contributed by atoms with Gasteiger partial charge in [0.1, 0.15) is 11.6 Å². The topological polar surface area (TPSA) is 66.5 Å². The van der Waals surface area contributed by atoms with Crippen LogP contribution >= 0.6 is 0 Å². The molecule has 0 bridgehead atoms. The molecule has 3 aromatic rings. The third-order valence-corrected chi connectivity index (χ3v) is 5.31. The lowest BCUT2D eigenvalue weighted by Gasteiger charge is -2.15. The number of nitrogens with one attached hydrogen (secondary N) is 2. The van der Waals surface area contributed by atoms with E-state index < -0.39 is 0 Å². The fraction of sp³-hybridized carbons (Fsp3) is 0.333. The van der Waals surface area contributed by atoms with E-state index in [2.05, 4.69) is 20.5 Å². The molecule has 1 saturated heterocycles. The molecule has 0 spiro atoms. The predicted molar refractivity (Wildman–Crippen MR) is 121 cm³/mol. The fourth-order valence-electron chi connectivity index (χ4n) is 3.81. The number of likely N-dealkylation sites (tertiary alicyclic amines) is 1. The van der Waals surface area contributed by atoms with Crippen LogP contribution in [0.3, 0.4) is 0 Å². The maximum absolute atomic E-state index is 13.0. The van der Waals surface area contributed by atoms with Crippen molar-refractivity contribution in [3.8, 4) is 5.75 Å². The van der Waals surface area contributed by atoms with E-state index in [1.165, 1.54) is 12.8 Å². The van der Waals surface area contributed by atoms with Gasteiger partial charge in [0.05, 0.1) is 17.7 Å². The summed E-state index contributed by atoms with van der Waals surface area (Å²) in [6.07, 6.45) is 2.51. The second-order valence-corrected chi connectivity index (χ2v) is 7.46. The summed E-state index contributed by atoms with van der Waals surface area (Å²) >= 11 is 0. The van der Waals surface area contributed by atoms with Crippen LogP contribution in [0.4, 0.5) is 11.5 Å². The number of hydrogen-bond acceptors (Lipinski definition) is 5. The zero-order chi connectivity index (χ0) is 20.8. The Morgan fingerprint density at radius 2 is 1.87 bits per heavy atom. The number of pyridine rings is 1. The minimum atomic E-state index is -0.0671. The fourth-order valence-corrected chi connectivity index (χ4v) is 3.81. The highest BCUT2D eigenvalue weighted by Gasteiger charge is 2.15. The predicted octanol–water partition coefficient (Wildman–Crippen LogP) is 4.20. The van der Waals surface area contributed by atoms with Crippen LogP contribution in [-0.4, -0.2) is 48.6 Å². The van der Waals surface area contributed by atoms with E-state index in [0.717, 1.165) is 42.0 Å². The number of amides is 1. The summed E-state index contributed by atoms with van der Waals surface area (Å²) in [6.45, 7) is 6.40. The van der Waals surface area contributed by atoms with Crippen molar-refractivity contribution in [1.29, 1.82) is 0 Å². The van der Waals surface area contributed by atoms with Gasteiger partial charge < -0.3 is 20.3 Å². The second kappa shape index (κ2) is 9.59. The third kappa shape index (κ3) is 4.89. The van der Waals surface area contributed by atoms with Gasteiger partial charge in [-0.25, -0.2) is 4.98 Å². The molecule has 2 heterocycles. The first-order chi connectivity index (χ1) is 14.7. The van der Waals surface area contributed by atoms with Crippen LogP contribution in [0.15, 0.2) is 54.6 Å². The molecule has 0 atom stereocenters. The second-order valence-electron chi connectivity index (χ2n) is 7.46. The van der Waals surface area contributed by atoms with Crippen LogP contribution in [-0.2, 0) is 0 Å². The van der Waals surface area contributed by atoms with Crippen molar-refractivity contribution in [3.05, 3.63) is 60.2 Å². The van der Waals surface area contributed by atoms with E-state index in [9.17, 15) is 4.79 Å². The number of nitrogens with zero attached hydrogens (tertiary/aromatic N) is 2. The maximum Gasteiger partial charge on any atom is 0.252 e. The number of ether oxygens (including phenoxy) is 1. The van der Waals surface area contributed by atoms with Crippen LogP contribution in [0.25, 0.3) is 10.9 Å². The molecule has 6 nitrogen and oxygen atoms in total. The third-order valence-electron chi connectivity index (χ3n) is 5.31. The molecule has 0 unspecified atom stereocenters. The number of aromatic nitrogens is 1. The normalized spacial score (nSPS) is 14.0. The Morgan fingerprint density at radius 3 is 2.63 bits per heavy atom. The van der Waals surface area contributed by atoms with Gasteiger partial charge in [0, 0.05) is 24.2 Å². The molecular formula is C24H28N4O2. The van der Waals surface area contributed by atoms with Crippen LogP contribution in [0.2, 0.25) is 0 Å². The number of carbonyl (C=O) groups excluding carboxylic acids is 1. The first-order valence-electron chi connectivity index (χ1n) is 10.6.